The SMILES string of the molecule is C[C@H](Oc1ccc(-c2ccccc2)cc1Cl)C(=O)NC(N)=O. The molecule has 114 valence electrons. The zero-order valence-corrected chi connectivity index (χ0v) is 12.6. The van der Waals surface area contributed by atoms with Gasteiger partial charge in [-0.3, -0.25) is 10.1 Å². The van der Waals surface area contributed by atoms with E-state index in [4.69, 9.17) is 22.1 Å². The molecule has 0 aliphatic rings. The first-order valence-corrected chi connectivity index (χ1v) is 6.97. The van der Waals surface area contributed by atoms with Gasteiger partial charge in [-0.25, -0.2) is 4.79 Å². The largest absolute Gasteiger partial charge is 0.479 e. The fourth-order valence-electron chi connectivity index (χ4n) is 1.87. The van der Waals surface area contributed by atoms with Gasteiger partial charge in [0.25, 0.3) is 5.91 Å². The Balaban J connectivity index is 2.13. The molecule has 0 aliphatic carbocycles. The van der Waals surface area contributed by atoms with Crippen LogP contribution in [0.2, 0.25) is 5.02 Å². The monoisotopic (exact) mass is 318 g/mol. The summed E-state index contributed by atoms with van der Waals surface area (Å²) in [6, 6.07) is 14.1. The fraction of sp³-hybridized carbons (Fsp3) is 0.125. The minimum Gasteiger partial charge on any atom is -0.479 e. The van der Waals surface area contributed by atoms with Crippen LogP contribution < -0.4 is 15.8 Å². The zero-order valence-electron chi connectivity index (χ0n) is 11.9. The van der Waals surface area contributed by atoms with E-state index in [2.05, 4.69) is 0 Å². The van der Waals surface area contributed by atoms with Crippen LogP contribution in [0.15, 0.2) is 48.5 Å². The van der Waals surface area contributed by atoms with Gasteiger partial charge in [-0.2, -0.15) is 0 Å². The van der Waals surface area contributed by atoms with E-state index in [-0.39, 0.29) is 0 Å². The van der Waals surface area contributed by atoms with Crippen LogP contribution in [0.5, 0.6) is 5.75 Å². The number of urea groups is 1. The maximum absolute atomic E-state index is 11.6. The van der Waals surface area contributed by atoms with E-state index in [0.29, 0.717) is 10.8 Å². The number of ether oxygens (including phenoxy) is 1. The number of imide groups is 1. The Hall–Kier alpha value is -2.53. The molecule has 0 bridgehead atoms. The molecule has 6 heteroatoms. The number of rotatable bonds is 4. The van der Waals surface area contributed by atoms with Crippen molar-refractivity contribution in [3.8, 4) is 16.9 Å². The average Bonchev–Trinajstić information content (AvgIpc) is 2.49. The van der Waals surface area contributed by atoms with Crippen LogP contribution in [-0.2, 0) is 4.79 Å². The van der Waals surface area contributed by atoms with Crippen molar-refractivity contribution in [1.82, 2.24) is 5.32 Å². The number of nitrogens with one attached hydrogen (secondary N) is 1. The van der Waals surface area contributed by atoms with E-state index in [1.165, 1.54) is 6.92 Å². The molecule has 0 fully saturated rings. The summed E-state index contributed by atoms with van der Waals surface area (Å²) < 4.78 is 5.45. The molecule has 0 aromatic heterocycles. The summed E-state index contributed by atoms with van der Waals surface area (Å²) in [6.07, 6.45) is -0.896. The molecule has 2 aromatic rings. The third kappa shape index (κ3) is 3.99. The molecule has 2 rings (SSSR count). The van der Waals surface area contributed by atoms with Crippen molar-refractivity contribution in [1.29, 1.82) is 0 Å². The quantitative estimate of drug-likeness (QED) is 0.909. The van der Waals surface area contributed by atoms with Gasteiger partial charge in [0.05, 0.1) is 5.02 Å². The molecule has 3 amide bonds. The first-order chi connectivity index (χ1) is 10.5. The van der Waals surface area contributed by atoms with Gasteiger partial charge in [0, 0.05) is 0 Å². The maximum atomic E-state index is 11.6. The third-order valence-electron chi connectivity index (χ3n) is 2.96. The Kier molecular flexibility index (Phi) is 5.01. The standard InChI is InChI=1S/C16H15ClN2O3/c1-10(15(20)19-16(18)21)22-14-8-7-12(9-13(14)17)11-5-3-2-4-6-11/h2-10H,1H3,(H3,18,19,20,21)/t10-/m0/s1. The molecule has 2 aromatic carbocycles. The van der Waals surface area contributed by atoms with Crippen LogP contribution >= 0.6 is 11.6 Å². The summed E-state index contributed by atoms with van der Waals surface area (Å²) in [5, 5.41) is 2.33. The minimum atomic E-state index is -0.925. The Morgan fingerprint density at radius 1 is 1.14 bits per heavy atom. The van der Waals surface area contributed by atoms with Crippen LogP contribution in [0.4, 0.5) is 4.79 Å². The van der Waals surface area contributed by atoms with E-state index in [1.54, 1.807) is 12.1 Å². The molecule has 22 heavy (non-hydrogen) atoms. The molecular formula is C16H15ClN2O3. The highest BCUT2D eigenvalue weighted by Crippen LogP contribution is 2.30. The van der Waals surface area contributed by atoms with E-state index < -0.39 is 18.0 Å². The van der Waals surface area contributed by atoms with Crippen LogP contribution in [0.1, 0.15) is 6.92 Å². The predicted octanol–water partition coefficient (Wildman–Crippen LogP) is 2.97. The van der Waals surface area contributed by atoms with Crippen molar-refractivity contribution in [3.63, 3.8) is 0 Å². The summed E-state index contributed by atoms with van der Waals surface area (Å²) in [7, 11) is 0. The number of hydrogen-bond donors (Lipinski definition) is 2. The molecule has 0 spiro atoms. The molecule has 0 saturated heterocycles. The van der Waals surface area contributed by atoms with Crippen molar-refractivity contribution in [2.24, 2.45) is 5.73 Å². The van der Waals surface area contributed by atoms with Gasteiger partial charge in [-0.05, 0) is 30.2 Å². The molecule has 5 nitrogen and oxygen atoms in total. The van der Waals surface area contributed by atoms with Crippen molar-refractivity contribution >= 4 is 23.5 Å². The number of hydrogen-bond acceptors (Lipinski definition) is 3. The lowest BCUT2D eigenvalue weighted by atomic mass is 10.1. The lowest BCUT2D eigenvalue weighted by Crippen LogP contribution is -2.42. The Bertz CT molecular complexity index is 689. The van der Waals surface area contributed by atoms with Gasteiger partial charge in [0.1, 0.15) is 5.75 Å². The smallest absolute Gasteiger partial charge is 0.318 e. The topological polar surface area (TPSA) is 81.4 Å². The second kappa shape index (κ2) is 6.95. The highest BCUT2D eigenvalue weighted by atomic mass is 35.5. The van der Waals surface area contributed by atoms with Crippen LogP contribution in [0, 0.1) is 0 Å². The number of halogens is 1. The third-order valence-corrected chi connectivity index (χ3v) is 3.25. The van der Waals surface area contributed by atoms with Gasteiger partial charge >= 0.3 is 6.03 Å². The van der Waals surface area contributed by atoms with Gasteiger partial charge in [0.15, 0.2) is 6.10 Å². The summed E-state index contributed by atoms with van der Waals surface area (Å²) in [6.45, 7) is 1.50. The number of carbonyl (C=O) groups is 2. The Morgan fingerprint density at radius 2 is 1.82 bits per heavy atom. The normalized spacial score (nSPS) is 11.5. The van der Waals surface area contributed by atoms with Crippen LogP contribution in [0.25, 0.3) is 11.1 Å². The molecule has 0 aliphatic heterocycles. The second-order valence-corrected chi connectivity index (χ2v) is 5.03. The number of nitrogens with two attached hydrogens (primary N) is 1. The lowest BCUT2D eigenvalue weighted by Gasteiger charge is -2.15. The molecule has 0 heterocycles. The molecule has 0 saturated carbocycles. The molecule has 3 N–H and O–H groups in total. The first kappa shape index (κ1) is 15.9. The minimum absolute atomic E-state index is 0.355. The summed E-state index contributed by atoms with van der Waals surface area (Å²) in [5.41, 5.74) is 6.85. The molecule has 0 unspecified atom stereocenters. The van der Waals surface area contributed by atoms with Gasteiger partial charge in [-0.15, -0.1) is 0 Å². The number of carbonyl (C=O) groups excluding carboxylic acids is 2. The average molecular weight is 319 g/mol. The summed E-state index contributed by atoms with van der Waals surface area (Å²) in [5.74, 6) is -0.274. The van der Waals surface area contributed by atoms with Crippen molar-refractivity contribution in [3.05, 3.63) is 53.6 Å². The first-order valence-electron chi connectivity index (χ1n) is 6.59. The predicted molar refractivity (Wildman–Crippen MR) is 84.7 cm³/mol. The van der Waals surface area contributed by atoms with E-state index in [1.807, 2.05) is 41.7 Å². The number of primary amides is 1. The highest BCUT2D eigenvalue weighted by molar-refractivity contribution is 6.32. The van der Waals surface area contributed by atoms with Crippen LogP contribution in [0.3, 0.4) is 0 Å². The zero-order chi connectivity index (χ0) is 16.1. The van der Waals surface area contributed by atoms with E-state index >= 15 is 0 Å². The lowest BCUT2D eigenvalue weighted by molar-refractivity contribution is -0.126. The van der Waals surface area contributed by atoms with Crippen molar-refractivity contribution < 1.29 is 14.3 Å². The maximum Gasteiger partial charge on any atom is 0.318 e. The second-order valence-electron chi connectivity index (χ2n) is 4.62. The van der Waals surface area contributed by atoms with Gasteiger partial charge in [-0.1, -0.05) is 48.0 Å². The number of benzene rings is 2. The Labute approximate surface area is 133 Å². The van der Waals surface area contributed by atoms with Crippen molar-refractivity contribution in [2.45, 2.75) is 13.0 Å². The molecular weight excluding hydrogens is 304 g/mol. The van der Waals surface area contributed by atoms with Gasteiger partial charge < -0.3 is 10.5 Å². The molecule has 1 atom stereocenters. The number of amides is 3. The van der Waals surface area contributed by atoms with E-state index in [9.17, 15) is 9.59 Å². The Morgan fingerprint density at radius 3 is 2.41 bits per heavy atom. The molecule has 0 radical (unpaired) electrons. The fourth-order valence-corrected chi connectivity index (χ4v) is 2.10. The van der Waals surface area contributed by atoms with Gasteiger partial charge in [0.2, 0.25) is 0 Å². The van der Waals surface area contributed by atoms with Crippen molar-refractivity contribution in [2.75, 3.05) is 0 Å². The van der Waals surface area contributed by atoms with E-state index in [0.717, 1.165) is 11.1 Å². The summed E-state index contributed by atoms with van der Waals surface area (Å²) in [4.78, 5) is 22.2. The highest BCUT2D eigenvalue weighted by Gasteiger charge is 2.17. The van der Waals surface area contributed by atoms with Crippen LogP contribution in [-0.4, -0.2) is 18.0 Å². The summed E-state index contributed by atoms with van der Waals surface area (Å²) >= 11 is 6.19.